The van der Waals surface area contributed by atoms with Crippen LogP contribution in [0.3, 0.4) is 0 Å². The van der Waals surface area contributed by atoms with Crippen LogP contribution in [-0.2, 0) is 12.1 Å². The Morgan fingerprint density at radius 3 is 2.35 bits per heavy atom. The zero-order valence-electron chi connectivity index (χ0n) is 21.3. The monoisotopic (exact) mass is 528 g/mol. The summed E-state index contributed by atoms with van der Waals surface area (Å²) in [5, 5.41) is 5.63. The molecule has 2 N–H and O–H groups in total. The van der Waals surface area contributed by atoms with Crippen LogP contribution in [0.4, 0.5) is 27.6 Å². The van der Waals surface area contributed by atoms with Gasteiger partial charge in [-0.25, -0.2) is 22.0 Å². The Labute approximate surface area is 212 Å². The molecular weight excluding hydrogens is 495 g/mol. The highest BCUT2D eigenvalue weighted by atomic mass is 19.3. The number of nitrogens with zero attached hydrogens (tertiary/aromatic N) is 2. The van der Waals surface area contributed by atoms with Crippen LogP contribution >= 0.6 is 0 Å². The smallest absolute Gasteiger partial charge is 0.266 e. The summed E-state index contributed by atoms with van der Waals surface area (Å²) in [4.78, 5) is 27.9. The summed E-state index contributed by atoms with van der Waals surface area (Å²) >= 11 is 0. The highest BCUT2D eigenvalue weighted by Gasteiger charge is 2.53. The molecule has 0 atom stereocenters. The van der Waals surface area contributed by atoms with E-state index in [-0.39, 0.29) is 35.7 Å². The van der Waals surface area contributed by atoms with E-state index in [0.29, 0.717) is 6.04 Å². The maximum absolute atomic E-state index is 14.4. The van der Waals surface area contributed by atoms with Crippen LogP contribution in [0.15, 0.2) is 35.3 Å². The maximum Gasteiger partial charge on any atom is 0.266 e. The lowest BCUT2D eigenvalue weighted by atomic mass is 9.85. The van der Waals surface area contributed by atoms with Crippen molar-refractivity contribution in [2.75, 3.05) is 19.4 Å². The largest absolute Gasteiger partial charge is 0.381 e. The standard InChI is InChI=1S/C24H27F5N4O2.C2H6/c1-32(2)15-8-14(9-15)31-18-10-19(34)33(24(6-7-24)23(28)29)12-17(18)22(35)30-11-13-4-3-5-16(20(13)25)21(26)27;1-2/h3-5,10,12,14-15,21,23,31H,6-9,11H2,1-2H3,(H,30,35);1-2H3. The molecular formula is C26H33F5N4O2. The second-order valence-corrected chi connectivity index (χ2v) is 9.45. The first-order valence-corrected chi connectivity index (χ1v) is 12.4. The predicted molar refractivity (Wildman–Crippen MR) is 132 cm³/mol. The topological polar surface area (TPSA) is 66.4 Å². The average molecular weight is 529 g/mol. The minimum absolute atomic E-state index is 0.0191. The second kappa shape index (κ2) is 11.6. The van der Waals surface area contributed by atoms with Crippen molar-refractivity contribution in [3.8, 4) is 0 Å². The molecule has 37 heavy (non-hydrogen) atoms. The van der Waals surface area contributed by atoms with Crippen molar-refractivity contribution in [1.29, 1.82) is 0 Å². The molecule has 1 aromatic heterocycles. The predicted octanol–water partition coefficient (Wildman–Crippen LogP) is 5.14. The zero-order chi connectivity index (χ0) is 27.5. The molecule has 0 saturated heterocycles. The minimum atomic E-state index is -3.01. The lowest BCUT2D eigenvalue weighted by Crippen LogP contribution is -2.47. The molecule has 0 spiro atoms. The van der Waals surface area contributed by atoms with E-state index in [1.54, 1.807) is 0 Å². The Morgan fingerprint density at radius 2 is 1.81 bits per heavy atom. The van der Waals surface area contributed by atoms with E-state index in [1.165, 1.54) is 12.1 Å². The number of hydrogen-bond donors (Lipinski definition) is 2. The van der Waals surface area contributed by atoms with Gasteiger partial charge in [0.25, 0.3) is 24.3 Å². The van der Waals surface area contributed by atoms with Crippen LogP contribution in [-0.4, -0.2) is 48.0 Å². The summed E-state index contributed by atoms with van der Waals surface area (Å²) < 4.78 is 68.7. The molecule has 2 aliphatic rings. The normalized spacial score (nSPS) is 19.8. The molecule has 204 valence electrons. The van der Waals surface area contributed by atoms with Gasteiger partial charge < -0.3 is 20.1 Å². The van der Waals surface area contributed by atoms with Gasteiger partial charge in [-0.05, 0) is 39.8 Å². The molecule has 1 heterocycles. The molecule has 1 aromatic carbocycles. The first-order valence-electron chi connectivity index (χ1n) is 12.4. The number of nitrogens with one attached hydrogen (secondary N) is 2. The summed E-state index contributed by atoms with van der Waals surface area (Å²) in [6, 6.07) is 4.95. The van der Waals surface area contributed by atoms with Crippen LogP contribution < -0.4 is 16.2 Å². The number of hydrogen-bond acceptors (Lipinski definition) is 4. The molecule has 6 nitrogen and oxygen atoms in total. The van der Waals surface area contributed by atoms with Crippen LogP contribution in [0.25, 0.3) is 0 Å². The molecule has 2 aliphatic carbocycles. The Kier molecular flexibility index (Phi) is 8.99. The van der Waals surface area contributed by atoms with Gasteiger partial charge in [0.05, 0.1) is 16.8 Å². The van der Waals surface area contributed by atoms with Gasteiger partial charge in [-0.2, -0.15) is 0 Å². The number of amides is 1. The lowest BCUT2D eigenvalue weighted by molar-refractivity contribution is 0.0648. The van der Waals surface area contributed by atoms with Gasteiger partial charge in [-0.1, -0.05) is 32.0 Å². The Bertz CT molecular complexity index is 1160. The summed E-state index contributed by atoms with van der Waals surface area (Å²) in [5.74, 6) is -1.86. The summed E-state index contributed by atoms with van der Waals surface area (Å²) in [6.45, 7) is 3.61. The van der Waals surface area contributed by atoms with Gasteiger partial charge in [0.1, 0.15) is 11.4 Å². The van der Waals surface area contributed by atoms with Crippen molar-refractivity contribution >= 4 is 11.6 Å². The fourth-order valence-corrected chi connectivity index (χ4v) is 4.40. The van der Waals surface area contributed by atoms with E-state index < -0.39 is 47.8 Å². The summed E-state index contributed by atoms with van der Waals surface area (Å²) in [5.41, 5.74) is -3.07. The number of rotatable bonds is 9. The summed E-state index contributed by atoms with van der Waals surface area (Å²) in [7, 11) is 3.89. The SMILES string of the molecule is CC.CN(C)C1CC(Nc2cc(=O)n(C3(C(F)F)CC3)cc2C(=O)NCc2cccc(C(F)F)c2F)C1. The van der Waals surface area contributed by atoms with Crippen LogP contribution in [0, 0.1) is 5.82 Å². The second-order valence-electron chi connectivity index (χ2n) is 9.45. The van der Waals surface area contributed by atoms with Crippen molar-refractivity contribution in [2.45, 2.75) is 76.5 Å². The van der Waals surface area contributed by atoms with Crippen LogP contribution in [0.5, 0.6) is 0 Å². The van der Waals surface area contributed by atoms with Gasteiger partial charge >= 0.3 is 0 Å². The lowest BCUT2D eigenvalue weighted by Gasteiger charge is -2.40. The average Bonchev–Trinajstić information content (AvgIpc) is 3.63. The van der Waals surface area contributed by atoms with E-state index in [2.05, 4.69) is 15.5 Å². The van der Waals surface area contributed by atoms with Crippen molar-refractivity contribution < 1.29 is 26.7 Å². The quantitative estimate of drug-likeness (QED) is 0.443. The van der Waals surface area contributed by atoms with Gasteiger partial charge in [-0.3, -0.25) is 9.59 Å². The maximum atomic E-state index is 14.4. The molecule has 0 radical (unpaired) electrons. The van der Waals surface area contributed by atoms with Gasteiger partial charge in [-0.15, -0.1) is 0 Å². The van der Waals surface area contributed by atoms with Crippen LogP contribution in [0.1, 0.15) is 67.4 Å². The van der Waals surface area contributed by atoms with Gasteiger partial charge in [0, 0.05) is 36.5 Å². The van der Waals surface area contributed by atoms with E-state index in [4.69, 9.17) is 0 Å². The molecule has 2 fully saturated rings. The van der Waals surface area contributed by atoms with E-state index >= 15 is 0 Å². The zero-order valence-corrected chi connectivity index (χ0v) is 21.3. The third kappa shape index (κ3) is 5.97. The first-order chi connectivity index (χ1) is 17.5. The molecule has 0 unspecified atom stereocenters. The Balaban J connectivity index is 0.00000186. The Morgan fingerprint density at radius 1 is 1.16 bits per heavy atom. The number of benzene rings is 1. The van der Waals surface area contributed by atoms with Crippen molar-refractivity contribution in [3.63, 3.8) is 0 Å². The van der Waals surface area contributed by atoms with E-state index in [9.17, 15) is 31.5 Å². The fraction of sp³-hybridized carbons (Fsp3) is 0.538. The molecule has 0 bridgehead atoms. The number of anilines is 1. The van der Waals surface area contributed by atoms with Crippen molar-refractivity contribution in [3.05, 3.63) is 63.3 Å². The molecule has 2 aromatic rings. The van der Waals surface area contributed by atoms with Gasteiger partial charge in [0.15, 0.2) is 0 Å². The third-order valence-corrected chi connectivity index (χ3v) is 6.93. The van der Waals surface area contributed by atoms with Gasteiger partial charge in [0.2, 0.25) is 0 Å². The van der Waals surface area contributed by atoms with Crippen molar-refractivity contribution in [2.24, 2.45) is 0 Å². The fourth-order valence-electron chi connectivity index (χ4n) is 4.40. The van der Waals surface area contributed by atoms with E-state index in [1.807, 2.05) is 27.9 Å². The molecule has 0 aliphatic heterocycles. The van der Waals surface area contributed by atoms with Crippen molar-refractivity contribution in [1.82, 2.24) is 14.8 Å². The van der Waals surface area contributed by atoms with E-state index in [0.717, 1.165) is 35.7 Å². The minimum Gasteiger partial charge on any atom is -0.381 e. The number of aromatic nitrogens is 1. The summed E-state index contributed by atoms with van der Waals surface area (Å²) in [6.07, 6.45) is -2.93. The molecule has 11 heteroatoms. The number of alkyl halides is 4. The number of carbonyl (C=O) groups is 1. The third-order valence-electron chi connectivity index (χ3n) is 6.93. The highest BCUT2D eigenvalue weighted by Crippen LogP contribution is 2.48. The number of halogens is 5. The molecule has 2 saturated carbocycles. The molecule has 4 rings (SSSR count). The highest BCUT2D eigenvalue weighted by molar-refractivity contribution is 5.99. The number of pyridine rings is 1. The van der Waals surface area contributed by atoms with Crippen LogP contribution in [0.2, 0.25) is 0 Å². The first kappa shape index (κ1) is 28.6. The molecule has 1 amide bonds. The Hall–Kier alpha value is -2.95. The number of carbonyl (C=O) groups excluding carboxylic acids is 1.